The van der Waals surface area contributed by atoms with Crippen molar-refractivity contribution in [3.05, 3.63) is 41.4 Å². The lowest BCUT2D eigenvalue weighted by molar-refractivity contribution is 1.46. The van der Waals surface area contributed by atoms with Gasteiger partial charge in [-0.25, -0.2) is 0 Å². The highest BCUT2D eigenvalue weighted by Gasteiger charge is 1.98. The van der Waals surface area contributed by atoms with Crippen LogP contribution in [0.4, 0.5) is 0 Å². The number of hydrogen-bond donors (Lipinski definition) is 1. The van der Waals surface area contributed by atoms with E-state index in [0.717, 1.165) is 15.6 Å². The molecule has 1 nitrogen and oxygen atoms in total. The Kier molecular flexibility index (Phi) is 1.50. The molecule has 1 heterocycles. The average Bonchev–Trinajstić information content (AvgIpc) is 2.33. The van der Waals surface area contributed by atoms with E-state index >= 15 is 0 Å². The maximum atomic E-state index is 3.90. The minimum Gasteiger partial charge on any atom is -0.361 e. The Morgan fingerprint density at radius 3 is 3.00 bits per heavy atom. The molecule has 1 N–H and O–H groups in total. The zero-order valence-electron chi connectivity index (χ0n) is 5.89. The van der Waals surface area contributed by atoms with E-state index in [4.69, 9.17) is 0 Å². The van der Waals surface area contributed by atoms with Gasteiger partial charge in [-0.1, -0.05) is 15.9 Å². The Balaban J connectivity index is 2.87. The second-order valence-electron chi connectivity index (χ2n) is 2.50. The van der Waals surface area contributed by atoms with E-state index in [-0.39, 0.29) is 0 Å². The van der Waals surface area contributed by atoms with Crippen molar-refractivity contribution >= 4 is 26.8 Å². The monoisotopic (exact) mass is 208 g/mol. The van der Waals surface area contributed by atoms with Crippen LogP contribution >= 0.6 is 15.9 Å². The Morgan fingerprint density at radius 1 is 1.36 bits per heavy atom. The van der Waals surface area contributed by atoms with Gasteiger partial charge in [0.15, 0.2) is 0 Å². The number of aromatic nitrogens is 1. The van der Waals surface area contributed by atoms with Gasteiger partial charge in [0.05, 0.1) is 0 Å². The van der Waals surface area contributed by atoms with Gasteiger partial charge in [0, 0.05) is 21.6 Å². The van der Waals surface area contributed by atoms with Crippen LogP contribution in [-0.2, 0) is 0 Å². The molecular weight excluding hydrogens is 202 g/mol. The maximum Gasteiger partial charge on any atom is 0.0457 e. The maximum absolute atomic E-state index is 3.90. The van der Waals surface area contributed by atoms with Crippen molar-refractivity contribution in [2.24, 2.45) is 0 Å². The van der Waals surface area contributed by atoms with Crippen molar-refractivity contribution in [1.82, 2.24) is 4.98 Å². The predicted molar refractivity (Wildman–Crippen MR) is 50.5 cm³/mol. The van der Waals surface area contributed by atoms with Crippen LogP contribution in [0, 0.1) is 6.92 Å². The standard InChI is InChI=1S/C9H7BrN/c1-6-5-11-9-3-2-7(10)4-8(6)9/h2-5,11H,1H2. The molecule has 0 saturated carbocycles. The lowest BCUT2D eigenvalue weighted by Crippen LogP contribution is -1.68. The highest BCUT2D eigenvalue weighted by atomic mass is 79.9. The first-order valence-corrected chi connectivity index (χ1v) is 4.15. The number of benzene rings is 1. The van der Waals surface area contributed by atoms with E-state index in [9.17, 15) is 0 Å². The predicted octanol–water partition coefficient (Wildman–Crippen LogP) is 3.11. The van der Waals surface area contributed by atoms with Crippen LogP contribution in [-0.4, -0.2) is 4.98 Å². The minimum atomic E-state index is 1.04. The van der Waals surface area contributed by atoms with Gasteiger partial charge < -0.3 is 4.98 Å². The summed E-state index contributed by atoms with van der Waals surface area (Å²) in [5.74, 6) is 0. The van der Waals surface area contributed by atoms with Crippen molar-refractivity contribution in [2.75, 3.05) is 0 Å². The zero-order chi connectivity index (χ0) is 7.84. The third kappa shape index (κ3) is 1.07. The number of hydrogen-bond acceptors (Lipinski definition) is 0. The van der Waals surface area contributed by atoms with Gasteiger partial charge in [-0.05, 0) is 30.7 Å². The normalized spacial score (nSPS) is 10.7. The molecular formula is C9H7BrN. The number of aromatic amines is 1. The van der Waals surface area contributed by atoms with Crippen LogP contribution < -0.4 is 0 Å². The lowest BCUT2D eigenvalue weighted by Gasteiger charge is -1.91. The summed E-state index contributed by atoms with van der Waals surface area (Å²) in [6.07, 6.45) is 1.91. The smallest absolute Gasteiger partial charge is 0.0457 e. The van der Waals surface area contributed by atoms with Gasteiger partial charge >= 0.3 is 0 Å². The van der Waals surface area contributed by atoms with Gasteiger partial charge in [-0.15, -0.1) is 0 Å². The van der Waals surface area contributed by atoms with Crippen molar-refractivity contribution in [3.63, 3.8) is 0 Å². The molecule has 1 aromatic carbocycles. The van der Waals surface area contributed by atoms with Crippen LogP contribution in [0.1, 0.15) is 5.56 Å². The molecule has 2 rings (SSSR count). The SMILES string of the molecule is [CH2]c1c[nH]c2ccc(Br)cc12. The summed E-state index contributed by atoms with van der Waals surface area (Å²) in [7, 11) is 0. The van der Waals surface area contributed by atoms with Gasteiger partial charge in [-0.2, -0.15) is 0 Å². The molecule has 11 heavy (non-hydrogen) atoms. The quantitative estimate of drug-likeness (QED) is 0.686. The first-order valence-electron chi connectivity index (χ1n) is 3.36. The fourth-order valence-corrected chi connectivity index (χ4v) is 1.51. The van der Waals surface area contributed by atoms with Gasteiger partial charge in [0.2, 0.25) is 0 Å². The van der Waals surface area contributed by atoms with Crippen molar-refractivity contribution in [3.8, 4) is 0 Å². The van der Waals surface area contributed by atoms with Crippen LogP contribution in [0.25, 0.3) is 10.9 Å². The molecule has 1 radical (unpaired) electrons. The highest BCUT2D eigenvalue weighted by Crippen LogP contribution is 2.21. The summed E-state index contributed by atoms with van der Waals surface area (Å²) in [6.45, 7) is 3.90. The highest BCUT2D eigenvalue weighted by molar-refractivity contribution is 9.10. The molecule has 0 atom stereocenters. The second-order valence-corrected chi connectivity index (χ2v) is 3.42. The largest absolute Gasteiger partial charge is 0.361 e. The van der Waals surface area contributed by atoms with Gasteiger partial charge in [0.25, 0.3) is 0 Å². The Morgan fingerprint density at radius 2 is 2.18 bits per heavy atom. The molecule has 2 aromatic rings. The molecule has 1 aromatic heterocycles. The van der Waals surface area contributed by atoms with Crippen LogP contribution in [0.3, 0.4) is 0 Å². The van der Waals surface area contributed by atoms with Crippen molar-refractivity contribution in [2.45, 2.75) is 0 Å². The van der Waals surface area contributed by atoms with E-state index in [1.54, 1.807) is 0 Å². The fraction of sp³-hybridized carbons (Fsp3) is 0. The Labute approximate surface area is 73.6 Å². The molecule has 2 heteroatoms. The molecule has 55 valence electrons. The third-order valence-electron chi connectivity index (χ3n) is 1.73. The number of nitrogens with one attached hydrogen (secondary N) is 1. The van der Waals surface area contributed by atoms with Crippen LogP contribution in [0.15, 0.2) is 28.9 Å². The molecule has 0 saturated heterocycles. The number of H-pyrrole nitrogens is 1. The minimum absolute atomic E-state index is 1.04. The lowest BCUT2D eigenvalue weighted by atomic mass is 10.2. The zero-order valence-corrected chi connectivity index (χ0v) is 7.48. The van der Waals surface area contributed by atoms with Gasteiger partial charge in [-0.3, -0.25) is 0 Å². The van der Waals surface area contributed by atoms with E-state index in [1.807, 2.05) is 18.3 Å². The van der Waals surface area contributed by atoms with E-state index in [0.29, 0.717) is 0 Å². The molecule has 0 spiro atoms. The Bertz CT molecular complexity index is 389. The summed E-state index contributed by atoms with van der Waals surface area (Å²) in [5, 5.41) is 1.18. The number of fused-ring (bicyclic) bond motifs is 1. The topological polar surface area (TPSA) is 15.8 Å². The molecule has 0 aliphatic heterocycles. The summed E-state index contributed by atoms with van der Waals surface area (Å²) >= 11 is 3.41. The summed E-state index contributed by atoms with van der Waals surface area (Å²) in [4.78, 5) is 3.13. The number of rotatable bonds is 0. The summed E-state index contributed by atoms with van der Waals surface area (Å²) < 4.78 is 1.09. The molecule has 0 aliphatic rings. The first-order chi connectivity index (χ1) is 5.27. The molecule has 0 aliphatic carbocycles. The van der Waals surface area contributed by atoms with E-state index < -0.39 is 0 Å². The van der Waals surface area contributed by atoms with E-state index in [2.05, 4.69) is 33.9 Å². The third-order valence-corrected chi connectivity index (χ3v) is 2.22. The molecule has 0 unspecified atom stereocenters. The fourth-order valence-electron chi connectivity index (χ4n) is 1.15. The second kappa shape index (κ2) is 2.38. The Hall–Kier alpha value is -0.760. The van der Waals surface area contributed by atoms with Gasteiger partial charge in [0.1, 0.15) is 0 Å². The molecule has 0 fully saturated rings. The number of halogens is 1. The van der Waals surface area contributed by atoms with Crippen LogP contribution in [0.5, 0.6) is 0 Å². The van der Waals surface area contributed by atoms with Crippen molar-refractivity contribution < 1.29 is 0 Å². The first kappa shape index (κ1) is 6.92. The summed E-state index contributed by atoms with van der Waals surface area (Å²) in [6, 6.07) is 6.11. The average molecular weight is 209 g/mol. The van der Waals surface area contributed by atoms with Crippen LogP contribution in [0.2, 0.25) is 0 Å². The molecule has 0 amide bonds. The molecule has 0 bridgehead atoms. The summed E-state index contributed by atoms with van der Waals surface area (Å²) in [5.41, 5.74) is 2.18. The van der Waals surface area contributed by atoms with Crippen molar-refractivity contribution in [1.29, 1.82) is 0 Å². The van der Waals surface area contributed by atoms with E-state index in [1.165, 1.54) is 5.39 Å².